The molecule has 2 aromatic rings. The van der Waals surface area contributed by atoms with Gasteiger partial charge in [0, 0.05) is 6.20 Å². The first-order valence-electron chi connectivity index (χ1n) is 6.08. The molecule has 1 aromatic heterocycles. The number of rotatable bonds is 3. The summed E-state index contributed by atoms with van der Waals surface area (Å²) in [5, 5.41) is 9.43. The van der Waals surface area contributed by atoms with Gasteiger partial charge in [-0.15, -0.1) is 0 Å². The number of amides is 1. The Labute approximate surface area is 105 Å². The van der Waals surface area contributed by atoms with Crippen molar-refractivity contribution in [2.24, 2.45) is 0 Å². The molecule has 1 saturated carbocycles. The van der Waals surface area contributed by atoms with Crippen LogP contribution in [-0.4, -0.2) is 16.1 Å². The first kappa shape index (κ1) is 11.0. The fraction of sp³-hybridized carbons (Fsp3) is 0.286. The van der Waals surface area contributed by atoms with E-state index in [0.717, 1.165) is 24.1 Å². The first-order valence-corrected chi connectivity index (χ1v) is 6.08. The largest absolute Gasteiger partial charge is 0.323 e. The summed E-state index contributed by atoms with van der Waals surface area (Å²) in [6, 6.07) is 8.19. The van der Waals surface area contributed by atoms with E-state index in [0.29, 0.717) is 0 Å². The van der Waals surface area contributed by atoms with Gasteiger partial charge in [-0.05, 0) is 25.3 Å². The van der Waals surface area contributed by atoms with Crippen LogP contribution in [0.25, 0.3) is 0 Å². The molecule has 18 heavy (non-hydrogen) atoms. The van der Waals surface area contributed by atoms with Gasteiger partial charge in [-0.3, -0.25) is 9.89 Å². The summed E-state index contributed by atoms with van der Waals surface area (Å²) < 4.78 is 0. The number of carbonyl (C=O) groups is 1. The summed E-state index contributed by atoms with van der Waals surface area (Å²) in [5.74, 6) is 0.0644. The standard InChI is InChI=1S/C14H15N3O/c1-10-3-2-4-11(7-10)14(5-6-14)13(18)17-12-8-15-16-9-12/h2-4,7-9H,5-6H2,1H3,(H,15,16)(H,17,18). The Balaban J connectivity index is 1.85. The van der Waals surface area contributed by atoms with Crippen molar-refractivity contribution in [2.75, 3.05) is 5.32 Å². The third-order valence-electron chi connectivity index (χ3n) is 3.51. The van der Waals surface area contributed by atoms with Gasteiger partial charge < -0.3 is 5.32 Å². The highest BCUT2D eigenvalue weighted by molar-refractivity contribution is 6.01. The van der Waals surface area contributed by atoms with Crippen LogP contribution in [0.1, 0.15) is 24.0 Å². The molecule has 1 aliphatic rings. The van der Waals surface area contributed by atoms with Crippen LogP contribution in [0.2, 0.25) is 0 Å². The molecular formula is C14H15N3O. The molecule has 1 aromatic carbocycles. The number of benzene rings is 1. The average molecular weight is 241 g/mol. The minimum Gasteiger partial charge on any atom is -0.323 e. The van der Waals surface area contributed by atoms with Crippen molar-refractivity contribution >= 4 is 11.6 Å². The zero-order valence-electron chi connectivity index (χ0n) is 10.2. The van der Waals surface area contributed by atoms with Crippen molar-refractivity contribution in [1.82, 2.24) is 10.2 Å². The Morgan fingerprint density at radius 3 is 2.89 bits per heavy atom. The van der Waals surface area contributed by atoms with Crippen molar-refractivity contribution < 1.29 is 4.79 Å². The number of hydrogen-bond donors (Lipinski definition) is 2. The number of anilines is 1. The number of nitrogens with one attached hydrogen (secondary N) is 2. The minimum absolute atomic E-state index is 0.0644. The number of aryl methyl sites for hydroxylation is 1. The van der Waals surface area contributed by atoms with E-state index in [9.17, 15) is 4.79 Å². The van der Waals surface area contributed by atoms with E-state index in [4.69, 9.17) is 0 Å². The second-order valence-corrected chi connectivity index (χ2v) is 4.89. The number of hydrogen-bond acceptors (Lipinski definition) is 2. The molecule has 1 fully saturated rings. The molecule has 0 bridgehead atoms. The summed E-state index contributed by atoms with van der Waals surface area (Å²) in [6.07, 6.45) is 5.13. The summed E-state index contributed by atoms with van der Waals surface area (Å²) >= 11 is 0. The van der Waals surface area contributed by atoms with E-state index in [1.54, 1.807) is 12.4 Å². The highest BCUT2D eigenvalue weighted by atomic mass is 16.2. The number of H-pyrrole nitrogens is 1. The lowest BCUT2D eigenvalue weighted by atomic mass is 9.93. The molecular weight excluding hydrogens is 226 g/mol. The topological polar surface area (TPSA) is 57.8 Å². The molecule has 2 N–H and O–H groups in total. The van der Waals surface area contributed by atoms with Gasteiger partial charge in [0.15, 0.2) is 0 Å². The smallest absolute Gasteiger partial charge is 0.235 e. The Kier molecular flexibility index (Phi) is 2.44. The fourth-order valence-corrected chi connectivity index (χ4v) is 2.28. The number of aromatic nitrogens is 2. The van der Waals surface area contributed by atoms with Gasteiger partial charge in [-0.1, -0.05) is 29.8 Å². The Morgan fingerprint density at radius 2 is 2.28 bits per heavy atom. The lowest BCUT2D eigenvalue weighted by Crippen LogP contribution is -2.27. The summed E-state index contributed by atoms with van der Waals surface area (Å²) in [6.45, 7) is 2.05. The van der Waals surface area contributed by atoms with E-state index in [2.05, 4.69) is 21.6 Å². The summed E-state index contributed by atoms with van der Waals surface area (Å²) in [7, 11) is 0. The van der Waals surface area contributed by atoms with Gasteiger partial charge in [-0.2, -0.15) is 5.10 Å². The fourth-order valence-electron chi connectivity index (χ4n) is 2.28. The minimum atomic E-state index is -0.330. The third-order valence-corrected chi connectivity index (χ3v) is 3.51. The van der Waals surface area contributed by atoms with Crippen LogP contribution in [0, 0.1) is 6.92 Å². The Bertz CT molecular complexity index is 570. The van der Waals surface area contributed by atoms with E-state index >= 15 is 0 Å². The SMILES string of the molecule is Cc1cccc(C2(C(=O)Nc3cn[nH]c3)CC2)c1. The van der Waals surface area contributed by atoms with Crippen LogP contribution in [0.4, 0.5) is 5.69 Å². The molecule has 0 radical (unpaired) electrons. The zero-order chi connectivity index (χ0) is 12.6. The van der Waals surface area contributed by atoms with Crippen molar-refractivity contribution in [1.29, 1.82) is 0 Å². The van der Waals surface area contributed by atoms with Crippen LogP contribution in [0.3, 0.4) is 0 Å². The highest BCUT2D eigenvalue weighted by Gasteiger charge is 2.51. The van der Waals surface area contributed by atoms with Gasteiger partial charge in [0.2, 0.25) is 5.91 Å². The van der Waals surface area contributed by atoms with Crippen LogP contribution >= 0.6 is 0 Å². The van der Waals surface area contributed by atoms with Crippen LogP contribution in [-0.2, 0) is 10.2 Å². The van der Waals surface area contributed by atoms with Gasteiger partial charge in [-0.25, -0.2) is 0 Å². The molecule has 0 unspecified atom stereocenters. The zero-order valence-corrected chi connectivity index (χ0v) is 10.2. The van der Waals surface area contributed by atoms with Gasteiger partial charge in [0.1, 0.15) is 0 Å². The number of nitrogens with zero attached hydrogens (tertiary/aromatic N) is 1. The van der Waals surface area contributed by atoms with E-state index in [-0.39, 0.29) is 11.3 Å². The number of carbonyl (C=O) groups excluding carboxylic acids is 1. The first-order chi connectivity index (χ1) is 8.71. The van der Waals surface area contributed by atoms with Crippen molar-refractivity contribution in [3.05, 3.63) is 47.8 Å². The van der Waals surface area contributed by atoms with Crippen molar-refractivity contribution in [2.45, 2.75) is 25.2 Å². The molecule has 1 amide bonds. The maximum atomic E-state index is 12.4. The highest BCUT2D eigenvalue weighted by Crippen LogP contribution is 2.49. The molecule has 4 nitrogen and oxygen atoms in total. The van der Waals surface area contributed by atoms with Crippen molar-refractivity contribution in [3.63, 3.8) is 0 Å². The van der Waals surface area contributed by atoms with Crippen LogP contribution in [0.15, 0.2) is 36.7 Å². The molecule has 0 aliphatic heterocycles. The number of aromatic amines is 1. The Hall–Kier alpha value is -2.10. The molecule has 0 saturated heterocycles. The normalized spacial score (nSPS) is 16.3. The predicted molar refractivity (Wildman–Crippen MR) is 69.3 cm³/mol. The maximum Gasteiger partial charge on any atom is 0.235 e. The van der Waals surface area contributed by atoms with E-state index in [1.165, 1.54) is 5.56 Å². The second-order valence-electron chi connectivity index (χ2n) is 4.89. The van der Waals surface area contributed by atoms with E-state index < -0.39 is 0 Å². The molecule has 3 rings (SSSR count). The molecule has 1 heterocycles. The second kappa shape index (κ2) is 3.98. The maximum absolute atomic E-state index is 12.4. The third kappa shape index (κ3) is 1.79. The van der Waals surface area contributed by atoms with Crippen LogP contribution in [0.5, 0.6) is 0 Å². The lowest BCUT2D eigenvalue weighted by molar-refractivity contribution is -0.118. The molecule has 4 heteroatoms. The molecule has 1 aliphatic carbocycles. The van der Waals surface area contributed by atoms with Gasteiger partial charge >= 0.3 is 0 Å². The average Bonchev–Trinajstić information content (AvgIpc) is 3.03. The van der Waals surface area contributed by atoms with Crippen molar-refractivity contribution in [3.8, 4) is 0 Å². The summed E-state index contributed by atoms with van der Waals surface area (Å²) in [4.78, 5) is 12.4. The van der Waals surface area contributed by atoms with Gasteiger partial charge in [0.05, 0.1) is 17.3 Å². The predicted octanol–water partition coefficient (Wildman–Crippen LogP) is 2.39. The summed E-state index contributed by atoms with van der Waals surface area (Å²) in [5.41, 5.74) is 2.70. The monoisotopic (exact) mass is 241 g/mol. The lowest BCUT2D eigenvalue weighted by Gasteiger charge is -2.15. The molecule has 0 atom stereocenters. The molecule has 92 valence electrons. The Morgan fingerprint density at radius 1 is 1.44 bits per heavy atom. The van der Waals surface area contributed by atoms with Gasteiger partial charge in [0.25, 0.3) is 0 Å². The quantitative estimate of drug-likeness (QED) is 0.866. The van der Waals surface area contributed by atoms with Crippen LogP contribution < -0.4 is 5.32 Å². The molecule has 0 spiro atoms. The van der Waals surface area contributed by atoms with E-state index in [1.807, 2.05) is 25.1 Å².